The Bertz CT molecular complexity index is 1100. The quantitative estimate of drug-likeness (QED) is 0.660. The van der Waals surface area contributed by atoms with Crippen LogP contribution in [-0.2, 0) is 11.3 Å². The van der Waals surface area contributed by atoms with Gasteiger partial charge < -0.3 is 19.9 Å². The van der Waals surface area contributed by atoms with Crippen LogP contribution in [0, 0.1) is 13.8 Å². The number of piperazine rings is 1. The highest BCUT2D eigenvalue weighted by Crippen LogP contribution is 2.30. The fourth-order valence-electron chi connectivity index (χ4n) is 3.95. The molecule has 0 atom stereocenters. The van der Waals surface area contributed by atoms with Crippen LogP contribution in [0.15, 0.2) is 24.3 Å². The normalized spacial score (nSPS) is 14.4. The van der Waals surface area contributed by atoms with Crippen LogP contribution in [0.3, 0.4) is 0 Å². The smallest absolute Gasteiger partial charge is 0.317 e. The predicted molar refractivity (Wildman–Crippen MR) is 124 cm³/mol. The maximum absolute atomic E-state index is 12.4. The zero-order valence-electron chi connectivity index (χ0n) is 19.4. The fourth-order valence-corrected chi connectivity index (χ4v) is 3.95. The van der Waals surface area contributed by atoms with Crippen LogP contribution < -0.4 is 10.2 Å². The maximum Gasteiger partial charge on any atom is 0.317 e. The molecule has 1 fully saturated rings. The van der Waals surface area contributed by atoms with Crippen molar-refractivity contribution in [2.45, 2.75) is 40.3 Å². The molecule has 9 nitrogen and oxygen atoms in total. The highest BCUT2D eigenvalue weighted by molar-refractivity contribution is 5.91. The third-order valence-corrected chi connectivity index (χ3v) is 5.56. The first-order valence-corrected chi connectivity index (χ1v) is 11.0. The molecule has 3 heterocycles. The maximum atomic E-state index is 12.4. The Morgan fingerprint density at radius 2 is 1.78 bits per heavy atom. The molecular formula is C23H31N7O2. The van der Waals surface area contributed by atoms with Gasteiger partial charge in [0.15, 0.2) is 11.5 Å². The molecule has 1 saturated heterocycles. The molecule has 0 aliphatic carbocycles. The van der Waals surface area contributed by atoms with E-state index in [0.717, 1.165) is 28.2 Å². The van der Waals surface area contributed by atoms with E-state index in [0.29, 0.717) is 38.6 Å². The number of carbonyl (C=O) groups is 1. The SMILES string of the molecule is COCc1nc(N2CCN(C(=O)NC(C)C)CC2)c2c(C)nn(-c3ccc(C)cc3)c2n1. The minimum atomic E-state index is -0.0177. The molecule has 1 aliphatic rings. The molecule has 170 valence electrons. The number of hydrogen-bond donors (Lipinski definition) is 1. The second-order valence-corrected chi connectivity index (χ2v) is 8.51. The van der Waals surface area contributed by atoms with Gasteiger partial charge in [-0.15, -0.1) is 0 Å². The van der Waals surface area contributed by atoms with Gasteiger partial charge in [-0.25, -0.2) is 19.4 Å². The van der Waals surface area contributed by atoms with Crippen molar-refractivity contribution in [3.05, 3.63) is 41.3 Å². The molecule has 9 heteroatoms. The number of amides is 2. The lowest BCUT2D eigenvalue weighted by Crippen LogP contribution is -2.53. The number of anilines is 1. The topological polar surface area (TPSA) is 88.4 Å². The van der Waals surface area contributed by atoms with Gasteiger partial charge in [0, 0.05) is 39.3 Å². The third-order valence-electron chi connectivity index (χ3n) is 5.56. The van der Waals surface area contributed by atoms with E-state index in [-0.39, 0.29) is 12.1 Å². The number of rotatable bonds is 5. The molecule has 0 spiro atoms. The second kappa shape index (κ2) is 9.12. The molecule has 32 heavy (non-hydrogen) atoms. The number of fused-ring (bicyclic) bond motifs is 1. The predicted octanol–water partition coefficient (Wildman–Crippen LogP) is 2.82. The number of nitrogens with one attached hydrogen (secondary N) is 1. The Morgan fingerprint density at radius 1 is 1.09 bits per heavy atom. The highest BCUT2D eigenvalue weighted by Gasteiger charge is 2.26. The van der Waals surface area contributed by atoms with E-state index < -0.39 is 0 Å². The van der Waals surface area contributed by atoms with Crippen LogP contribution in [0.4, 0.5) is 10.6 Å². The first kappa shape index (κ1) is 22.0. The summed E-state index contributed by atoms with van der Waals surface area (Å²) in [4.78, 5) is 26.1. The average Bonchev–Trinajstić information content (AvgIpc) is 3.10. The largest absolute Gasteiger partial charge is 0.377 e. The van der Waals surface area contributed by atoms with Gasteiger partial charge in [0.2, 0.25) is 0 Å². The number of methoxy groups -OCH3 is 1. The lowest BCUT2D eigenvalue weighted by atomic mass is 10.2. The van der Waals surface area contributed by atoms with Crippen molar-refractivity contribution >= 4 is 22.9 Å². The summed E-state index contributed by atoms with van der Waals surface area (Å²) in [5, 5.41) is 8.70. The van der Waals surface area contributed by atoms with Gasteiger partial charge in [-0.3, -0.25) is 0 Å². The molecule has 2 amide bonds. The second-order valence-electron chi connectivity index (χ2n) is 8.51. The van der Waals surface area contributed by atoms with Gasteiger partial charge >= 0.3 is 6.03 Å². The molecule has 0 unspecified atom stereocenters. The van der Waals surface area contributed by atoms with Gasteiger partial charge in [0.25, 0.3) is 0 Å². The zero-order valence-corrected chi connectivity index (χ0v) is 19.4. The monoisotopic (exact) mass is 437 g/mol. The van der Waals surface area contributed by atoms with Crippen LogP contribution in [-0.4, -0.2) is 70.0 Å². The number of aryl methyl sites for hydroxylation is 2. The molecule has 0 saturated carbocycles. The minimum absolute atomic E-state index is 0.0177. The standard InChI is InChI=1S/C23H31N7O2/c1-15(2)24-23(31)29-12-10-28(11-13-29)21-20-17(4)27-30(18-8-6-16(3)7-9-18)22(20)26-19(25-21)14-32-5/h6-9,15H,10-14H2,1-5H3,(H,24,31). The van der Waals surface area contributed by atoms with Crippen LogP contribution in [0.5, 0.6) is 0 Å². The van der Waals surface area contributed by atoms with E-state index in [2.05, 4.69) is 29.3 Å². The number of hydrogen-bond acceptors (Lipinski definition) is 6. The first-order valence-electron chi connectivity index (χ1n) is 11.0. The molecule has 0 bridgehead atoms. The summed E-state index contributed by atoms with van der Waals surface area (Å²) in [6, 6.07) is 8.33. The molecule has 2 aromatic heterocycles. The van der Waals surface area contributed by atoms with E-state index in [1.165, 1.54) is 5.56 Å². The molecule has 3 aromatic rings. The molecule has 1 aromatic carbocycles. The van der Waals surface area contributed by atoms with E-state index in [4.69, 9.17) is 19.8 Å². The van der Waals surface area contributed by atoms with Gasteiger partial charge in [-0.05, 0) is 39.8 Å². The van der Waals surface area contributed by atoms with E-state index in [1.807, 2.05) is 42.5 Å². The van der Waals surface area contributed by atoms with Gasteiger partial charge in [0.1, 0.15) is 12.4 Å². The number of carbonyl (C=O) groups excluding carboxylic acids is 1. The minimum Gasteiger partial charge on any atom is -0.377 e. The fraction of sp³-hybridized carbons (Fsp3) is 0.478. The summed E-state index contributed by atoms with van der Waals surface area (Å²) in [5.74, 6) is 1.46. The number of benzene rings is 1. The Balaban J connectivity index is 1.70. The first-order chi connectivity index (χ1) is 15.4. The van der Waals surface area contributed by atoms with Gasteiger partial charge in [-0.2, -0.15) is 5.10 Å². The molecule has 1 aliphatic heterocycles. The van der Waals surface area contributed by atoms with Gasteiger partial charge in [0.05, 0.1) is 16.8 Å². The van der Waals surface area contributed by atoms with Crippen molar-refractivity contribution in [3.63, 3.8) is 0 Å². The zero-order chi connectivity index (χ0) is 22.8. The summed E-state index contributed by atoms with van der Waals surface area (Å²) in [7, 11) is 1.64. The summed E-state index contributed by atoms with van der Waals surface area (Å²) < 4.78 is 7.21. The number of aromatic nitrogens is 4. The van der Waals surface area contributed by atoms with E-state index in [9.17, 15) is 4.79 Å². The molecule has 4 rings (SSSR count). The number of ether oxygens (including phenoxy) is 1. The van der Waals surface area contributed by atoms with Crippen molar-refractivity contribution in [1.29, 1.82) is 0 Å². The van der Waals surface area contributed by atoms with Crippen LogP contribution in [0.1, 0.15) is 30.9 Å². The number of urea groups is 1. The molecule has 1 N–H and O–H groups in total. The third kappa shape index (κ3) is 4.38. The van der Waals surface area contributed by atoms with Crippen LogP contribution >= 0.6 is 0 Å². The lowest BCUT2D eigenvalue weighted by molar-refractivity contribution is 0.178. The van der Waals surface area contributed by atoms with Gasteiger partial charge in [-0.1, -0.05) is 17.7 Å². The van der Waals surface area contributed by atoms with Crippen molar-refractivity contribution < 1.29 is 9.53 Å². The Morgan fingerprint density at radius 3 is 2.41 bits per heavy atom. The van der Waals surface area contributed by atoms with Crippen molar-refractivity contribution in [3.8, 4) is 5.69 Å². The summed E-state index contributed by atoms with van der Waals surface area (Å²) in [5.41, 5.74) is 3.79. The van der Waals surface area contributed by atoms with Crippen molar-refractivity contribution in [2.75, 3.05) is 38.2 Å². The Kier molecular flexibility index (Phi) is 6.27. The number of nitrogens with zero attached hydrogens (tertiary/aromatic N) is 6. The summed E-state index contributed by atoms with van der Waals surface area (Å²) in [6.07, 6.45) is 0. The Labute approximate surface area is 188 Å². The van der Waals surface area contributed by atoms with E-state index in [1.54, 1.807) is 7.11 Å². The highest BCUT2D eigenvalue weighted by atomic mass is 16.5. The van der Waals surface area contributed by atoms with Crippen molar-refractivity contribution in [1.82, 2.24) is 30.0 Å². The molecular weight excluding hydrogens is 406 g/mol. The van der Waals surface area contributed by atoms with Crippen molar-refractivity contribution in [2.24, 2.45) is 0 Å². The Hall–Kier alpha value is -3.20. The lowest BCUT2D eigenvalue weighted by Gasteiger charge is -2.36. The summed E-state index contributed by atoms with van der Waals surface area (Å²) in [6.45, 7) is 11.0. The summed E-state index contributed by atoms with van der Waals surface area (Å²) >= 11 is 0. The average molecular weight is 438 g/mol. The van der Waals surface area contributed by atoms with Crippen LogP contribution in [0.2, 0.25) is 0 Å². The molecule has 0 radical (unpaired) electrons. The van der Waals surface area contributed by atoms with Crippen LogP contribution in [0.25, 0.3) is 16.7 Å². The van der Waals surface area contributed by atoms with E-state index >= 15 is 0 Å².